The maximum Gasteiger partial charge on any atom is 0.276 e. The van der Waals surface area contributed by atoms with Gasteiger partial charge in [0, 0.05) is 15.4 Å². The Balaban J connectivity index is 2.04. The van der Waals surface area contributed by atoms with Crippen molar-refractivity contribution in [3.8, 4) is 0 Å². The van der Waals surface area contributed by atoms with Crippen molar-refractivity contribution in [2.24, 2.45) is 10.1 Å². The van der Waals surface area contributed by atoms with E-state index in [-0.39, 0.29) is 5.91 Å². The molecule has 0 aromatic heterocycles. The Morgan fingerprint density at radius 1 is 1.32 bits per heavy atom. The Kier molecular flexibility index (Phi) is 5.53. The third kappa shape index (κ3) is 3.62. The first-order valence-corrected chi connectivity index (χ1v) is 10.5. The molecular formula is C18H23BrN4OS. The number of amides is 1. The lowest BCUT2D eigenvalue weighted by atomic mass is 10.0. The van der Waals surface area contributed by atoms with E-state index in [0.29, 0.717) is 10.9 Å². The average Bonchev–Trinajstić information content (AvgIpc) is 2.59. The highest BCUT2D eigenvalue weighted by atomic mass is 79.9. The lowest BCUT2D eigenvalue weighted by Crippen LogP contribution is -2.57. The molecule has 25 heavy (non-hydrogen) atoms. The van der Waals surface area contributed by atoms with Crippen molar-refractivity contribution in [1.82, 2.24) is 10.3 Å². The molecule has 3 rings (SSSR count). The van der Waals surface area contributed by atoms with Crippen molar-refractivity contribution in [2.45, 2.75) is 52.1 Å². The molecule has 0 saturated carbocycles. The molecule has 1 N–H and O–H groups in total. The molecule has 0 radical (unpaired) electrons. The van der Waals surface area contributed by atoms with E-state index in [9.17, 15) is 4.79 Å². The highest BCUT2D eigenvalue weighted by molar-refractivity contribution is 9.10. The van der Waals surface area contributed by atoms with Gasteiger partial charge in [0.2, 0.25) is 0 Å². The zero-order valence-electron chi connectivity index (χ0n) is 14.8. The number of unbranched alkanes of at least 4 members (excludes halogenated alkanes) is 2. The number of carbonyl (C=O) groups excluding carboxylic acids is 1. The number of thioether (sulfide) groups is 1. The zero-order valence-corrected chi connectivity index (χ0v) is 17.2. The number of fused-ring (bicyclic) bond motifs is 2. The lowest BCUT2D eigenvalue weighted by Gasteiger charge is -2.40. The molecule has 134 valence electrons. The van der Waals surface area contributed by atoms with E-state index >= 15 is 0 Å². The fourth-order valence-corrected chi connectivity index (χ4v) is 4.13. The molecule has 5 nitrogen and oxygen atoms in total. The van der Waals surface area contributed by atoms with Crippen molar-refractivity contribution in [2.75, 3.05) is 5.75 Å². The predicted molar refractivity (Wildman–Crippen MR) is 106 cm³/mol. The lowest BCUT2D eigenvalue weighted by molar-refractivity contribution is -0.116. The Morgan fingerprint density at radius 3 is 2.84 bits per heavy atom. The van der Waals surface area contributed by atoms with Gasteiger partial charge >= 0.3 is 0 Å². The van der Waals surface area contributed by atoms with Crippen LogP contribution in [0.4, 0.5) is 0 Å². The van der Waals surface area contributed by atoms with Crippen molar-refractivity contribution in [3.63, 3.8) is 0 Å². The van der Waals surface area contributed by atoms with E-state index in [0.717, 1.165) is 33.6 Å². The normalized spacial score (nSPS) is 21.9. The fourth-order valence-electron chi connectivity index (χ4n) is 2.92. The molecular weight excluding hydrogens is 400 g/mol. The van der Waals surface area contributed by atoms with Crippen LogP contribution in [-0.4, -0.2) is 27.5 Å². The van der Waals surface area contributed by atoms with Gasteiger partial charge in [0.1, 0.15) is 5.70 Å². The number of hydrogen-bond donors (Lipinski definition) is 1. The third-order valence-corrected chi connectivity index (χ3v) is 5.97. The molecule has 0 unspecified atom stereocenters. The van der Waals surface area contributed by atoms with Crippen LogP contribution in [0.25, 0.3) is 5.70 Å². The van der Waals surface area contributed by atoms with Gasteiger partial charge in [0.15, 0.2) is 10.8 Å². The zero-order chi connectivity index (χ0) is 18.0. The van der Waals surface area contributed by atoms with Crippen LogP contribution >= 0.6 is 27.7 Å². The van der Waals surface area contributed by atoms with E-state index in [4.69, 9.17) is 10.1 Å². The summed E-state index contributed by atoms with van der Waals surface area (Å²) < 4.78 is 0.922. The van der Waals surface area contributed by atoms with Gasteiger partial charge in [-0.25, -0.2) is 5.01 Å². The topological polar surface area (TPSA) is 57.1 Å². The van der Waals surface area contributed by atoms with Crippen molar-refractivity contribution in [1.29, 1.82) is 0 Å². The Hall–Kier alpha value is -1.34. The van der Waals surface area contributed by atoms with Gasteiger partial charge in [0.25, 0.3) is 5.91 Å². The van der Waals surface area contributed by atoms with Crippen molar-refractivity contribution in [3.05, 3.63) is 33.2 Å². The van der Waals surface area contributed by atoms with Crippen LogP contribution in [0.3, 0.4) is 0 Å². The van der Waals surface area contributed by atoms with Crippen molar-refractivity contribution >= 4 is 44.5 Å². The molecule has 1 atom stereocenters. The number of nitrogens with zero attached hydrogens (tertiary/aromatic N) is 3. The molecule has 0 bridgehead atoms. The van der Waals surface area contributed by atoms with Gasteiger partial charge in [-0.3, -0.25) is 15.1 Å². The largest absolute Gasteiger partial charge is 0.298 e. The minimum Gasteiger partial charge on any atom is -0.298 e. The smallest absolute Gasteiger partial charge is 0.276 e. The molecule has 1 aromatic carbocycles. The molecule has 0 saturated heterocycles. The van der Waals surface area contributed by atoms with E-state index < -0.39 is 5.66 Å². The number of carbonyl (C=O) groups is 1. The highest BCUT2D eigenvalue weighted by Gasteiger charge is 2.40. The molecule has 2 heterocycles. The fraction of sp³-hybridized carbons (Fsp3) is 0.500. The molecule has 1 amide bonds. The molecule has 2 aliphatic rings. The van der Waals surface area contributed by atoms with E-state index in [1.165, 1.54) is 12.8 Å². The first-order chi connectivity index (χ1) is 12.0. The van der Waals surface area contributed by atoms with Crippen LogP contribution in [0.5, 0.6) is 0 Å². The maximum atomic E-state index is 12.9. The number of hydrazone groups is 1. The standard InChI is InChI=1S/C18H23BrN4OS/c1-4-6-7-10-25-17-20-16(24)15-13-11-12(19)8-9-14(13)21-18(3,5-2)23(15)22-17/h8-9,11H,4-7,10H2,1-3H3,(H,20,22,24)/t18-/m0/s1. The Morgan fingerprint density at radius 2 is 2.12 bits per heavy atom. The summed E-state index contributed by atoms with van der Waals surface area (Å²) in [5, 5.41) is 11.8. The van der Waals surface area contributed by atoms with Crippen LogP contribution in [-0.2, 0) is 4.79 Å². The number of rotatable bonds is 5. The van der Waals surface area contributed by atoms with Gasteiger partial charge in [-0.15, -0.1) is 5.10 Å². The van der Waals surface area contributed by atoms with Gasteiger partial charge < -0.3 is 0 Å². The number of benzene rings is 1. The van der Waals surface area contributed by atoms with Gasteiger partial charge in [-0.05, 0) is 38.0 Å². The Labute approximate surface area is 160 Å². The van der Waals surface area contributed by atoms with E-state index in [2.05, 4.69) is 35.1 Å². The maximum absolute atomic E-state index is 12.9. The van der Waals surface area contributed by atoms with Crippen molar-refractivity contribution < 1.29 is 4.79 Å². The Bertz CT molecular complexity index is 838. The molecule has 0 fully saturated rings. The third-order valence-electron chi connectivity index (χ3n) is 4.53. The summed E-state index contributed by atoms with van der Waals surface area (Å²) in [6.45, 7) is 6.28. The molecule has 7 heteroatoms. The second-order valence-electron chi connectivity index (χ2n) is 6.42. The summed E-state index contributed by atoms with van der Waals surface area (Å²) in [5.41, 5.74) is 0.0249. The quantitative estimate of drug-likeness (QED) is 0.741. The number of amidine groups is 1. The van der Waals surface area contributed by atoms with Gasteiger partial charge in [0.05, 0.1) is 5.36 Å². The van der Waals surface area contributed by atoms with Crippen LogP contribution in [0.15, 0.2) is 32.8 Å². The predicted octanol–water partition coefficient (Wildman–Crippen LogP) is 2.94. The molecule has 1 aromatic rings. The van der Waals surface area contributed by atoms with Gasteiger partial charge in [-0.2, -0.15) is 0 Å². The summed E-state index contributed by atoms with van der Waals surface area (Å²) in [7, 11) is 0. The second-order valence-corrected chi connectivity index (χ2v) is 8.42. The first kappa shape index (κ1) is 18.5. The van der Waals surface area contributed by atoms with Crippen LogP contribution in [0.1, 0.15) is 46.5 Å². The summed E-state index contributed by atoms with van der Waals surface area (Å²) in [6.07, 6.45) is 4.26. The molecule has 0 spiro atoms. The van der Waals surface area contributed by atoms with Crippen LogP contribution in [0, 0.1) is 0 Å². The minimum absolute atomic E-state index is 0.109. The number of hydrogen-bond acceptors (Lipinski definition) is 5. The second kappa shape index (κ2) is 7.50. The highest BCUT2D eigenvalue weighted by Crippen LogP contribution is 2.30. The molecule has 2 aliphatic heterocycles. The minimum atomic E-state index is -0.552. The van der Waals surface area contributed by atoms with Crippen LogP contribution < -0.4 is 15.9 Å². The SMILES string of the molecule is CCCCCSC1=NN2C(=c3cc(Br)ccc3=N[C@]2(C)CC)C(=O)N1. The first-order valence-electron chi connectivity index (χ1n) is 8.71. The van der Waals surface area contributed by atoms with Crippen LogP contribution in [0.2, 0.25) is 0 Å². The number of nitrogens with one attached hydrogen (secondary N) is 1. The van der Waals surface area contributed by atoms with E-state index in [1.807, 2.05) is 30.1 Å². The average molecular weight is 423 g/mol. The summed E-state index contributed by atoms with van der Waals surface area (Å²) in [6, 6.07) is 5.84. The molecule has 0 aliphatic carbocycles. The summed E-state index contributed by atoms with van der Waals surface area (Å²) in [5.74, 6) is 0.847. The monoisotopic (exact) mass is 422 g/mol. The summed E-state index contributed by atoms with van der Waals surface area (Å²) in [4.78, 5) is 17.8. The van der Waals surface area contributed by atoms with Gasteiger partial charge in [-0.1, -0.05) is 54.4 Å². The number of halogens is 1. The van der Waals surface area contributed by atoms with E-state index in [1.54, 1.807) is 11.8 Å². The summed E-state index contributed by atoms with van der Waals surface area (Å²) >= 11 is 5.09.